The average Bonchev–Trinajstić information content (AvgIpc) is 3.37. The van der Waals surface area contributed by atoms with Gasteiger partial charge in [-0.3, -0.25) is 9.59 Å². The van der Waals surface area contributed by atoms with Gasteiger partial charge in [0, 0.05) is 16.8 Å². The Morgan fingerprint density at radius 2 is 1.91 bits per heavy atom. The van der Waals surface area contributed by atoms with E-state index in [1.807, 2.05) is 54.8 Å². The van der Waals surface area contributed by atoms with E-state index in [0.717, 1.165) is 30.6 Å². The Morgan fingerprint density at radius 1 is 1.17 bits per heavy atom. The zero-order valence-electron chi connectivity index (χ0n) is 20.9. The van der Waals surface area contributed by atoms with Crippen LogP contribution >= 0.6 is 11.3 Å². The van der Waals surface area contributed by atoms with Crippen LogP contribution < -0.4 is 15.4 Å². The van der Waals surface area contributed by atoms with Gasteiger partial charge in [0.1, 0.15) is 5.75 Å². The van der Waals surface area contributed by atoms with Crippen LogP contribution in [-0.4, -0.2) is 35.7 Å². The Hall–Kier alpha value is -2.38. The molecule has 2 aromatic rings. The number of benzene rings is 1. The van der Waals surface area contributed by atoms with Crippen molar-refractivity contribution in [1.29, 1.82) is 0 Å². The van der Waals surface area contributed by atoms with Gasteiger partial charge in [-0.25, -0.2) is 0 Å². The van der Waals surface area contributed by atoms with Gasteiger partial charge >= 0.3 is 0 Å². The molecule has 7 atom stereocenters. The van der Waals surface area contributed by atoms with E-state index < -0.39 is 6.10 Å². The summed E-state index contributed by atoms with van der Waals surface area (Å²) in [5.74, 6) is 0.306. The largest absolute Gasteiger partial charge is 0.484 e. The molecule has 2 fully saturated rings. The lowest BCUT2D eigenvalue weighted by Crippen LogP contribution is -2.58. The molecule has 6 nitrogen and oxygen atoms in total. The van der Waals surface area contributed by atoms with Crippen LogP contribution in [-0.2, 0) is 16.1 Å². The highest BCUT2D eigenvalue weighted by Gasteiger charge is 2.53. The lowest BCUT2D eigenvalue weighted by molar-refractivity contribution is -0.144. The first kappa shape index (κ1) is 25.7. The molecule has 1 heterocycles. The van der Waals surface area contributed by atoms with E-state index >= 15 is 0 Å². The first-order valence-electron chi connectivity index (χ1n) is 12.7. The van der Waals surface area contributed by atoms with Gasteiger partial charge in [0.05, 0.1) is 12.6 Å². The van der Waals surface area contributed by atoms with E-state index in [0.29, 0.717) is 12.3 Å². The van der Waals surface area contributed by atoms with Crippen LogP contribution in [0.15, 0.2) is 47.8 Å². The van der Waals surface area contributed by atoms with Gasteiger partial charge in [0.25, 0.3) is 5.91 Å². The molecule has 0 spiro atoms. The maximum Gasteiger partial charge on any atom is 0.258 e. The van der Waals surface area contributed by atoms with E-state index in [1.54, 1.807) is 11.3 Å². The fourth-order valence-electron chi connectivity index (χ4n) is 6.35. The van der Waals surface area contributed by atoms with Crippen LogP contribution in [0.25, 0.3) is 0 Å². The predicted octanol–water partition coefficient (Wildman–Crippen LogP) is 4.39. The number of rotatable bonds is 8. The summed E-state index contributed by atoms with van der Waals surface area (Å²) >= 11 is 1.63. The molecule has 2 aliphatic rings. The first-order valence-corrected chi connectivity index (χ1v) is 13.6. The third-order valence-electron chi connectivity index (χ3n) is 8.42. The van der Waals surface area contributed by atoms with Gasteiger partial charge in [-0.1, -0.05) is 45.0 Å². The van der Waals surface area contributed by atoms with Crippen molar-refractivity contribution in [1.82, 2.24) is 10.6 Å². The van der Waals surface area contributed by atoms with E-state index in [2.05, 4.69) is 24.5 Å². The minimum absolute atomic E-state index is 0.00238. The van der Waals surface area contributed by atoms with E-state index in [1.165, 1.54) is 0 Å². The molecule has 1 unspecified atom stereocenters. The fourth-order valence-corrected chi connectivity index (χ4v) is 7.00. The lowest BCUT2D eigenvalue weighted by Gasteiger charge is -2.56. The van der Waals surface area contributed by atoms with E-state index in [9.17, 15) is 14.7 Å². The SMILES string of the molecule is C[C@H]1[C@@H]2[C@@H](O)C([C@H](C)C(=O)NCc3cccs3)CC[C@@]2(C)CC[C@@H]1NC(=O)COc1ccccc1. The third kappa shape index (κ3) is 5.89. The molecule has 2 amide bonds. The van der Waals surface area contributed by atoms with Crippen LogP contribution in [0.1, 0.15) is 51.3 Å². The highest BCUT2D eigenvalue weighted by atomic mass is 32.1. The van der Waals surface area contributed by atoms with Crippen LogP contribution in [0.3, 0.4) is 0 Å². The zero-order chi connectivity index (χ0) is 25.0. The summed E-state index contributed by atoms with van der Waals surface area (Å²) in [5, 5.41) is 19.8. The van der Waals surface area contributed by atoms with Crippen LogP contribution in [0.4, 0.5) is 0 Å². The molecule has 3 N–H and O–H groups in total. The highest BCUT2D eigenvalue weighted by molar-refractivity contribution is 7.09. The lowest BCUT2D eigenvalue weighted by atomic mass is 9.51. The Morgan fingerprint density at radius 3 is 2.63 bits per heavy atom. The fraction of sp³-hybridized carbons (Fsp3) is 0.571. The van der Waals surface area contributed by atoms with Crippen molar-refractivity contribution < 1.29 is 19.4 Å². The smallest absolute Gasteiger partial charge is 0.258 e. The second-order valence-electron chi connectivity index (χ2n) is 10.6. The van der Waals surface area contributed by atoms with Crippen molar-refractivity contribution in [3.8, 4) is 5.75 Å². The van der Waals surface area contributed by atoms with E-state index in [4.69, 9.17) is 4.74 Å². The number of nitrogens with one attached hydrogen (secondary N) is 2. The number of fused-ring (bicyclic) bond motifs is 1. The molecule has 190 valence electrons. The van der Waals surface area contributed by atoms with Gasteiger partial charge in [0.2, 0.25) is 5.91 Å². The van der Waals surface area contributed by atoms with Gasteiger partial charge in [-0.05, 0) is 72.4 Å². The molecule has 0 saturated heterocycles. The minimum Gasteiger partial charge on any atom is -0.484 e. The molecule has 0 bridgehead atoms. The van der Waals surface area contributed by atoms with Crippen molar-refractivity contribution in [2.24, 2.45) is 29.1 Å². The quantitative estimate of drug-likeness (QED) is 0.504. The minimum atomic E-state index is -0.577. The van der Waals surface area contributed by atoms with Gasteiger partial charge in [0.15, 0.2) is 6.61 Å². The molecular weight excluding hydrogens is 460 g/mol. The molecule has 7 heteroatoms. The predicted molar refractivity (Wildman–Crippen MR) is 138 cm³/mol. The number of aliphatic hydroxyl groups is 1. The van der Waals surface area contributed by atoms with Crippen molar-refractivity contribution in [3.05, 3.63) is 52.7 Å². The van der Waals surface area contributed by atoms with Gasteiger partial charge in [-0.15, -0.1) is 11.3 Å². The molecule has 2 aliphatic carbocycles. The molecule has 1 aromatic carbocycles. The normalized spacial score (nSPS) is 31.1. The standard InChI is InChI=1S/C28H38N2O4S/c1-18(27(33)29-16-21-10-7-15-35-21)22-11-13-28(3)14-12-23(19(2)25(28)26(22)32)30-24(31)17-34-20-8-5-4-6-9-20/h4-10,15,18-19,22-23,25-26,32H,11-14,16-17H2,1-3H3,(H,29,33)(H,30,31)/t18-,19+,22?,23-,25+,26-,28-/m0/s1. The summed E-state index contributed by atoms with van der Waals surface area (Å²) in [4.78, 5) is 26.7. The molecule has 4 rings (SSSR count). The van der Waals surface area contributed by atoms with Crippen molar-refractivity contribution in [2.45, 2.75) is 65.1 Å². The number of hydrogen-bond donors (Lipinski definition) is 3. The van der Waals surface area contributed by atoms with Crippen LogP contribution in [0.2, 0.25) is 0 Å². The number of carbonyl (C=O) groups is 2. The van der Waals surface area contributed by atoms with Crippen LogP contribution in [0.5, 0.6) is 5.75 Å². The summed E-state index contributed by atoms with van der Waals surface area (Å²) < 4.78 is 5.61. The summed E-state index contributed by atoms with van der Waals surface area (Å²) in [5.41, 5.74) is 0.0181. The number of carbonyl (C=O) groups excluding carboxylic acids is 2. The Labute approximate surface area is 212 Å². The van der Waals surface area contributed by atoms with Gasteiger partial charge in [-0.2, -0.15) is 0 Å². The van der Waals surface area contributed by atoms with E-state index in [-0.39, 0.29) is 53.5 Å². The maximum atomic E-state index is 12.9. The second kappa shape index (κ2) is 11.1. The molecule has 0 aliphatic heterocycles. The molecule has 0 radical (unpaired) electrons. The summed E-state index contributed by atoms with van der Waals surface area (Å²) in [7, 11) is 0. The number of thiophene rings is 1. The number of hydrogen-bond acceptors (Lipinski definition) is 5. The molecule has 1 aromatic heterocycles. The number of aliphatic hydroxyl groups excluding tert-OH is 1. The summed E-state index contributed by atoms with van der Waals surface area (Å²) in [6.45, 7) is 6.85. The summed E-state index contributed by atoms with van der Waals surface area (Å²) in [6, 6.07) is 13.3. The summed E-state index contributed by atoms with van der Waals surface area (Å²) in [6.07, 6.45) is 3.10. The van der Waals surface area contributed by atoms with Crippen molar-refractivity contribution in [2.75, 3.05) is 6.61 Å². The topological polar surface area (TPSA) is 87.7 Å². The molecular formula is C28H38N2O4S. The molecule has 2 saturated carbocycles. The van der Waals surface area contributed by atoms with Crippen molar-refractivity contribution in [3.63, 3.8) is 0 Å². The van der Waals surface area contributed by atoms with Crippen molar-refractivity contribution >= 4 is 23.2 Å². The third-order valence-corrected chi connectivity index (χ3v) is 9.30. The zero-order valence-corrected chi connectivity index (χ0v) is 21.7. The number of ether oxygens (including phenoxy) is 1. The maximum absolute atomic E-state index is 12.9. The Bertz CT molecular complexity index is 982. The molecule has 35 heavy (non-hydrogen) atoms. The number of amides is 2. The number of para-hydroxylation sites is 1. The Balaban J connectivity index is 1.36. The van der Waals surface area contributed by atoms with Crippen LogP contribution in [0, 0.1) is 29.1 Å². The average molecular weight is 499 g/mol. The second-order valence-corrected chi connectivity index (χ2v) is 11.7. The first-order chi connectivity index (χ1) is 16.8. The highest BCUT2D eigenvalue weighted by Crippen LogP contribution is 2.55. The van der Waals surface area contributed by atoms with Gasteiger partial charge < -0.3 is 20.5 Å². The monoisotopic (exact) mass is 498 g/mol. The Kier molecular flexibility index (Phi) is 8.17.